The fraction of sp³-hybridized carbons (Fsp3) is 0.885. The number of carboxylic acids is 1. The second-order valence-electron chi connectivity index (χ2n) is 11.1. The van der Waals surface area contributed by atoms with Gasteiger partial charge in [-0.1, -0.05) is 41.5 Å². The fourth-order valence-electron chi connectivity index (χ4n) is 2.90. The number of carbonyl (C=O) groups is 3. The van der Waals surface area contributed by atoms with Crippen molar-refractivity contribution >= 4 is 29.4 Å². The average molecular weight is 536 g/mol. The van der Waals surface area contributed by atoms with E-state index in [1.165, 1.54) is 11.8 Å². The van der Waals surface area contributed by atoms with E-state index in [9.17, 15) is 19.5 Å². The molecule has 1 atom stereocenters. The number of carbonyl (C=O) groups excluding carboxylic acids is 2. The van der Waals surface area contributed by atoms with Gasteiger partial charge < -0.3 is 29.4 Å². The summed E-state index contributed by atoms with van der Waals surface area (Å²) in [7, 11) is 0. The number of nitrogens with one attached hydrogen (secondary N) is 1. The fourth-order valence-corrected chi connectivity index (χ4v) is 4.09. The van der Waals surface area contributed by atoms with Crippen molar-refractivity contribution in [2.45, 2.75) is 73.3 Å². The van der Waals surface area contributed by atoms with Gasteiger partial charge in [0.15, 0.2) is 0 Å². The molecule has 1 amide bonds. The smallest absolute Gasteiger partial charge is 0.327 e. The van der Waals surface area contributed by atoms with Crippen molar-refractivity contribution in [3.63, 3.8) is 0 Å². The van der Waals surface area contributed by atoms with Gasteiger partial charge in [0, 0.05) is 31.6 Å². The Kier molecular flexibility index (Phi) is 19.2. The van der Waals surface area contributed by atoms with Crippen LogP contribution in [0, 0.1) is 10.8 Å². The van der Waals surface area contributed by atoms with Gasteiger partial charge in [-0.05, 0) is 23.0 Å². The Morgan fingerprint density at radius 3 is 1.72 bits per heavy atom. The molecule has 10 heteroatoms. The van der Waals surface area contributed by atoms with Gasteiger partial charge in [0.1, 0.15) is 11.8 Å². The van der Waals surface area contributed by atoms with E-state index in [4.69, 9.17) is 18.9 Å². The first-order chi connectivity index (χ1) is 16.8. The molecule has 0 saturated heterocycles. The number of ketones is 1. The van der Waals surface area contributed by atoms with Crippen LogP contribution in [0.3, 0.4) is 0 Å². The number of hydrogen-bond acceptors (Lipinski definition) is 8. The summed E-state index contributed by atoms with van der Waals surface area (Å²) in [5.41, 5.74) is 0.137. The molecule has 0 aromatic carbocycles. The van der Waals surface area contributed by atoms with Crippen molar-refractivity contribution in [2.24, 2.45) is 10.8 Å². The van der Waals surface area contributed by atoms with E-state index in [2.05, 4.69) is 46.9 Å². The first-order valence-electron chi connectivity index (χ1n) is 12.7. The van der Waals surface area contributed by atoms with E-state index < -0.39 is 12.0 Å². The average Bonchev–Trinajstić information content (AvgIpc) is 2.73. The molecule has 0 aromatic heterocycles. The van der Waals surface area contributed by atoms with Crippen LogP contribution in [0.15, 0.2) is 0 Å². The predicted molar refractivity (Wildman–Crippen MR) is 143 cm³/mol. The lowest BCUT2D eigenvalue weighted by Crippen LogP contribution is -2.43. The molecule has 36 heavy (non-hydrogen) atoms. The Balaban J connectivity index is 3.54. The molecule has 0 radical (unpaired) electrons. The van der Waals surface area contributed by atoms with Crippen molar-refractivity contribution in [3.05, 3.63) is 0 Å². The highest BCUT2D eigenvalue weighted by Gasteiger charge is 2.21. The summed E-state index contributed by atoms with van der Waals surface area (Å²) in [6, 6.07) is -0.902. The van der Waals surface area contributed by atoms with Crippen LogP contribution < -0.4 is 5.32 Å². The second kappa shape index (κ2) is 19.9. The third kappa shape index (κ3) is 24.5. The van der Waals surface area contributed by atoms with Gasteiger partial charge in [-0.25, -0.2) is 4.79 Å². The lowest BCUT2D eigenvalue weighted by molar-refractivity contribution is -0.141. The maximum Gasteiger partial charge on any atom is 0.327 e. The highest BCUT2D eigenvalue weighted by atomic mass is 32.2. The minimum absolute atomic E-state index is 0.0365. The first-order valence-corrected chi connectivity index (χ1v) is 13.9. The quantitative estimate of drug-likeness (QED) is 0.200. The Morgan fingerprint density at radius 2 is 1.25 bits per heavy atom. The van der Waals surface area contributed by atoms with Crippen molar-refractivity contribution < 1.29 is 38.4 Å². The number of aliphatic carboxylic acids is 1. The number of Topliss-reactive ketones (excluding diaryl/α,β-unsaturated/α-hetero) is 1. The zero-order chi connectivity index (χ0) is 27.5. The van der Waals surface area contributed by atoms with E-state index in [1.807, 2.05) is 0 Å². The Labute approximate surface area is 221 Å². The highest BCUT2D eigenvalue weighted by Crippen LogP contribution is 2.21. The van der Waals surface area contributed by atoms with Crippen LogP contribution in [0.5, 0.6) is 0 Å². The molecule has 0 spiro atoms. The first kappa shape index (κ1) is 34.8. The van der Waals surface area contributed by atoms with Gasteiger partial charge in [0.2, 0.25) is 5.91 Å². The molecule has 1 unspecified atom stereocenters. The van der Waals surface area contributed by atoms with E-state index in [-0.39, 0.29) is 35.5 Å². The largest absolute Gasteiger partial charge is 0.480 e. The summed E-state index contributed by atoms with van der Waals surface area (Å²) in [5.74, 6) is 0.0537. The van der Waals surface area contributed by atoms with Crippen LogP contribution >= 0.6 is 11.8 Å². The van der Waals surface area contributed by atoms with Crippen LogP contribution in [-0.4, -0.2) is 93.2 Å². The van der Waals surface area contributed by atoms with Crippen LogP contribution in [0.2, 0.25) is 0 Å². The molecule has 0 saturated carbocycles. The lowest BCUT2D eigenvalue weighted by Gasteiger charge is -2.19. The summed E-state index contributed by atoms with van der Waals surface area (Å²) in [5, 5.41) is 11.8. The molecule has 212 valence electrons. The molecule has 2 N–H and O–H groups in total. The van der Waals surface area contributed by atoms with Crippen LogP contribution in [0.4, 0.5) is 0 Å². The number of amides is 1. The van der Waals surface area contributed by atoms with Crippen molar-refractivity contribution in [2.75, 3.05) is 64.4 Å². The zero-order valence-electron chi connectivity index (χ0n) is 23.2. The topological polar surface area (TPSA) is 120 Å². The Bertz CT molecular complexity index is 616. The maximum absolute atomic E-state index is 12.0. The Hall–Kier alpha value is -1.20. The minimum atomic E-state index is -1.03. The molecule has 0 bridgehead atoms. The van der Waals surface area contributed by atoms with E-state index >= 15 is 0 Å². The van der Waals surface area contributed by atoms with E-state index in [1.54, 1.807) is 0 Å². The highest BCUT2D eigenvalue weighted by molar-refractivity contribution is 7.99. The third-order valence-electron chi connectivity index (χ3n) is 4.51. The number of carboxylic acid groups (broad SMARTS) is 1. The minimum Gasteiger partial charge on any atom is -0.480 e. The van der Waals surface area contributed by atoms with Gasteiger partial charge in [0.25, 0.3) is 0 Å². The molecular weight excluding hydrogens is 486 g/mol. The summed E-state index contributed by atoms with van der Waals surface area (Å²) in [4.78, 5) is 35.1. The number of hydrogen-bond donors (Lipinski definition) is 2. The molecular formula is C26H49NO8S. The molecule has 0 aromatic rings. The number of ether oxygens (including phenoxy) is 4. The molecule has 0 aliphatic rings. The zero-order valence-corrected chi connectivity index (χ0v) is 24.0. The number of rotatable bonds is 22. The van der Waals surface area contributed by atoms with E-state index in [0.717, 1.165) is 12.2 Å². The summed E-state index contributed by atoms with van der Waals surface area (Å²) in [6.45, 7) is 15.7. The molecule has 0 aliphatic carbocycles. The monoisotopic (exact) mass is 535 g/mol. The molecule has 0 fully saturated rings. The van der Waals surface area contributed by atoms with Gasteiger partial charge in [-0.15, -0.1) is 0 Å². The van der Waals surface area contributed by atoms with Gasteiger partial charge >= 0.3 is 5.97 Å². The maximum atomic E-state index is 12.0. The standard InChI is InChI=1S/C26H49NO8S/c1-25(2,3)18-21(28)8-7-10-32-12-14-34-16-17-35-15-13-33-11-9-23(29)27-22(24(30)31)19-36-20-26(4,5)6/h22H,7-20H2,1-6H3,(H,27,29)(H,30,31). The van der Waals surface area contributed by atoms with Gasteiger partial charge in [-0.3, -0.25) is 9.59 Å². The normalized spacial score (nSPS) is 12.9. The van der Waals surface area contributed by atoms with Crippen molar-refractivity contribution in [3.8, 4) is 0 Å². The molecule has 0 aliphatic heterocycles. The summed E-state index contributed by atoms with van der Waals surface area (Å²) < 4.78 is 21.7. The van der Waals surface area contributed by atoms with Crippen molar-refractivity contribution in [1.29, 1.82) is 0 Å². The van der Waals surface area contributed by atoms with Crippen LogP contribution in [0.1, 0.15) is 67.2 Å². The third-order valence-corrected chi connectivity index (χ3v) is 6.15. The lowest BCUT2D eigenvalue weighted by atomic mass is 9.89. The molecule has 9 nitrogen and oxygen atoms in total. The van der Waals surface area contributed by atoms with E-state index in [0.29, 0.717) is 64.8 Å². The molecule has 0 heterocycles. The summed E-state index contributed by atoms with van der Waals surface area (Å²) >= 11 is 1.52. The van der Waals surface area contributed by atoms with Gasteiger partial charge in [-0.2, -0.15) is 11.8 Å². The molecule has 0 rings (SSSR count). The summed E-state index contributed by atoms with van der Waals surface area (Å²) in [6.07, 6.45) is 1.98. The van der Waals surface area contributed by atoms with Gasteiger partial charge in [0.05, 0.1) is 46.2 Å². The predicted octanol–water partition coefficient (Wildman–Crippen LogP) is 3.58. The van der Waals surface area contributed by atoms with Crippen molar-refractivity contribution in [1.82, 2.24) is 5.32 Å². The number of thioether (sulfide) groups is 1. The second-order valence-corrected chi connectivity index (χ2v) is 12.1. The van der Waals surface area contributed by atoms with Crippen LogP contribution in [0.25, 0.3) is 0 Å². The Morgan fingerprint density at radius 1 is 0.750 bits per heavy atom. The SMILES string of the molecule is CC(C)(C)CSCC(NC(=O)CCOCCOCCOCCOCCCC(=O)CC(C)(C)C)C(=O)O. The van der Waals surface area contributed by atoms with Crippen LogP contribution in [-0.2, 0) is 33.3 Å².